The molecule has 3 rings (SSSR count). The first-order valence-electron chi connectivity index (χ1n) is 6.88. The predicted octanol–water partition coefficient (Wildman–Crippen LogP) is 3.54. The van der Waals surface area contributed by atoms with E-state index in [1.807, 2.05) is 32.1 Å². The minimum absolute atomic E-state index is 0.443. The van der Waals surface area contributed by atoms with Gasteiger partial charge in [-0.25, -0.2) is 0 Å². The topological polar surface area (TPSA) is 74.3 Å². The first-order chi connectivity index (χ1) is 10.8. The van der Waals surface area contributed by atoms with Crippen LogP contribution in [0.4, 0.5) is 5.69 Å². The van der Waals surface area contributed by atoms with Crippen LogP contribution in [0, 0.1) is 0 Å². The molecular formula is C16H14ClN2O3S-. The Kier molecular flexibility index (Phi) is 4.14. The molecule has 1 aliphatic heterocycles. The second-order valence-corrected chi connectivity index (χ2v) is 6.78. The van der Waals surface area contributed by atoms with Gasteiger partial charge in [-0.05, 0) is 44.2 Å². The number of benzene rings is 1. The molecule has 0 fully saturated rings. The molecule has 1 aromatic carbocycles. The minimum atomic E-state index is -2.38. The van der Waals surface area contributed by atoms with E-state index in [0.717, 1.165) is 16.8 Å². The summed E-state index contributed by atoms with van der Waals surface area (Å²) in [7, 11) is 0. The number of rotatable bonds is 3. The third-order valence-electron chi connectivity index (χ3n) is 3.34. The van der Waals surface area contributed by atoms with Crippen molar-refractivity contribution in [3.05, 3.63) is 58.9 Å². The summed E-state index contributed by atoms with van der Waals surface area (Å²) in [5.74, 6) is 0.597. The highest BCUT2D eigenvalue weighted by Gasteiger charge is 2.28. The lowest BCUT2D eigenvalue weighted by Crippen LogP contribution is -2.29. The average molecular weight is 350 g/mol. The van der Waals surface area contributed by atoms with Crippen molar-refractivity contribution in [2.75, 3.05) is 4.72 Å². The molecule has 2 aromatic rings. The Balaban J connectivity index is 2.09. The summed E-state index contributed by atoms with van der Waals surface area (Å²) in [4.78, 5) is 4.37. The van der Waals surface area contributed by atoms with Crippen molar-refractivity contribution in [2.24, 2.45) is 0 Å². The van der Waals surface area contributed by atoms with Gasteiger partial charge in [-0.2, -0.15) is 0 Å². The Morgan fingerprint density at radius 1 is 1.30 bits per heavy atom. The Bertz CT molecular complexity index is 803. The van der Waals surface area contributed by atoms with E-state index in [2.05, 4.69) is 9.71 Å². The fourth-order valence-electron chi connectivity index (χ4n) is 2.47. The minimum Gasteiger partial charge on any atom is -0.755 e. The number of hydrogen-bond acceptors (Lipinski definition) is 4. The van der Waals surface area contributed by atoms with Crippen LogP contribution >= 0.6 is 11.6 Å². The van der Waals surface area contributed by atoms with Gasteiger partial charge in [0.15, 0.2) is 0 Å². The van der Waals surface area contributed by atoms with Crippen LogP contribution in [0.15, 0.2) is 42.6 Å². The summed E-state index contributed by atoms with van der Waals surface area (Å²) in [5.41, 5.74) is 2.45. The van der Waals surface area contributed by atoms with Crippen molar-refractivity contribution >= 4 is 34.1 Å². The summed E-state index contributed by atoms with van der Waals surface area (Å²) in [5, 5.41) is 0.568. The molecule has 5 nitrogen and oxygen atoms in total. The molecule has 1 unspecified atom stereocenters. The highest BCUT2D eigenvalue weighted by atomic mass is 35.5. The van der Waals surface area contributed by atoms with Crippen LogP contribution in [0.1, 0.15) is 25.1 Å². The van der Waals surface area contributed by atoms with E-state index in [9.17, 15) is 8.76 Å². The average Bonchev–Trinajstić information content (AvgIpc) is 2.45. The summed E-state index contributed by atoms with van der Waals surface area (Å²) in [6, 6.07) is 8.78. The maximum atomic E-state index is 10.8. The quantitative estimate of drug-likeness (QED) is 0.860. The molecule has 0 amide bonds. The van der Waals surface area contributed by atoms with E-state index in [-0.39, 0.29) is 0 Å². The van der Waals surface area contributed by atoms with Crippen molar-refractivity contribution in [2.45, 2.75) is 19.4 Å². The molecule has 0 bridgehead atoms. The Labute approximate surface area is 141 Å². The fourth-order valence-corrected chi connectivity index (χ4v) is 2.91. The van der Waals surface area contributed by atoms with Crippen LogP contribution in [0.2, 0.25) is 5.02 Å². The molecule has 0 spiro atoms. The van der Waals surface area contributed by atoms with Crippen molar-refractivity contribution < 1.29 is 13.5 Å². The normalized spacial score (nSPS) is 16.8. The molecule has 120 valence electrons. The molecule has 1 N–H and O–H groups in total. The maximum absolute atomic E-state index is 10.8. The smallest absolute Gasteiger partial charge is 0.130 e. The molecule has 2 heterocycles. The molecule has 7 heteroatoms. The number of nitrogens with one attached hydrogen (secondary N) is 1. The number of aromatic nitrogens is 1. The zero-order valence-corrected chi connectivity index (χ0v) is 14.1. The summed E-state index contributed by atoms with van der Waals surface area (Å²) < 4.78 is 29.9. The van der Waals surface area contributed by atoms with Gasteiger partial charge in [0.2, 0.25) is 0 Å². The number of anilines is 1. The molecule has 1 atom stereocenters. The van der Waals surface area contributed by atoms with E-state index in [1.54, 1.807) is 24.4 Å². The second kappa shape index (κ2) is 5.96. The number of pyridine rings is 1. The number of fused-ring (bicyclic) bond motifs is 1. The largest absolute Gasteiger partial charge is 0.755 e. The maximum Gasteiger partial charge on any atom is 0.130 e. The number of halogens is 1. The molecule has 0 saturated carbocycles. The highest BCUT2D eigenvalue weighted by molar-refractivity contribution is 7.80. The van der Waals surface area contributed by atoms with Crippen LogP contribution in [0.3, 0.4) is 0 Å². The Morgan fingerprint density at radius 2 is 2.09 bits per heavy atom. The lowest BCUT2D eigenvalue weighted by Gasteiger charge is -2.31. The molecule has 0 aliphatic carbocycles. The van der Waals surface area contributed by atoms with Crippen molar-refractivity contribution in [3.63, 3.8) is 0 Å². The fraction of sp³-hybridized carbons (Fsp3) is 0.188. The summed E-state index contributed by atoms with van der Waals surface area (Å²) in [6.07, 6.45) is 3.58. The first kappa shape index (κ1) is 16.0. The van der Waals surface area contributed by atoms with Gasteiger partial charge in [0.1, 0.15) is 11.4 Å². The standard InChI is InChI=1S/C16H15ClN2O3S/c1-16(2)8-13(14-6-3-10(17)9-18-14)12-5-4-11(19-23(20)21)7-15(12)22-16/h3-9,19H,1-2H3,(H,20,21)/p-1. The van der Waals surface area contributed by atoms with Gasteiger partial charge >= 0.3 is 0 Å². The van der Waals surface area contributed by atoms with Gasteiger partial charge in [-0.3, -0.25) is 9.19 Å². The molecule has 1 aromatic heterocycles. The monoisotopic (exact) mass is 349 g/mol. The van der Waals surface area contributed by atoms with Crippen molar-refractivity contribution in [3.8, 4) is 5.75 Å². The number of nitrogens with zero attached hydrogens (tertiary/aromatic N) is 1. The van der Waals surface area contributed by atoms with Gasteiger partial charge in [0.05, 0.1) is 10.7 Å². The van der Waals surface area contributed by atoms with E-state index < -0.39 is 16.9 Å². The lowest BCUT2D eigenvalue weighted by atomic mass is 9.92. The molecule has 0 saturated heterocycles. The SMILES string of the molecule is CC1(C)C=C(c2ccc(Cl)cn2)c2ccc(NS(=O)[O-])cc2O1. The summed E-state index contributed by atoms with van der Waals surface area (Å²) in [6.45, 7) is 3.86. The van der Waals surface area contributed by atoms with Crippen molar-refractivity contribution in [1.29, 1.82) is 0 Å². The van der Waals surface area contributed by atoms with Crippen molar-refractivity contribution in [1.82, 2.24) is 4.98 Å². The van der Waals surface area contributed by atoms with E-state index >= 15 is 0 Å². The molecular weight excluding hydrogens is 336 g/mol. The third kappa shape index (κ3) is 3.55. The highest BCUT2D eigenvalue weighted by Crippen LogP contribution is 2.40. The van der Waals surface area contributed by atoms with Gasteiger partial charge in [0.25, 0.3) is 0 Å². The Morgan fingerprint density at radius 3 is 2.74 bits per heavy atom. The van der Waals surface area contributed by atoms with Gasteiger partial charge < -0.3 is 14.0 Å². The molecule has 23 heavy (non-hydrogen) atoms. The van der Waals surface area contributed by atoms with Gasteiger partial charge in [0, 0.05) is 40.4 Å². The van der Waals surface area contributed by atoms with Crippen LogP contribution in [-0.2, 0) is 11.3 Å². The Hall–Kier alpha value is -1.89. The van der Waals surface area contributed by atoms with E-state index in [4.69, 9.17) is 16.3 Å². The summed E-state index contributed by atoms with van der Waals surface area (Å²) >= 11 is 3.52. The van der Waals surface area contributed by atoms with Crippen LogP contribution in [0.25, 0.3) is 5.57 Å². The number of ether oxygens (including phenoxy) is 1. The lowest BCUT2D eigenvalue weighted by molar-refractivity contribution is 0.158. The first-order valence-corrected chi connectivity index (χ1v) is 8.33. The van der Waals surface area contributed by atoms with Gasteiger partial charge in [-0.15, -0.1) is 0 Å². The zero-order chi connectivity index (χ0) is 16.6. The number of hydrogen-bond donors (Lipinski definition) is 1. The van der Waals surface area contributed by atoms with E-state index in [0.29, 0.717) is 16.5 Å². The zero-order valence-electron chi connectivity index (χ0n) is 12.5. The molecule has 1 aliphatic rings. The van der Waals surface area contributed by atoms with Gasteiger partial charge in [-0.1, -0.05) is 11.6 Å². The predicted molar refractivity (Wildman–Crippen MR) is 90.0 cm³/mol. The van der Waals surface area contributed by atoms with Crippen LogP contribution < -0.4 is 9.46 Å². The second-order valence-electron chi connectivity index (χ2n) is 5.67. The van der Waals surface area contributed by atoms with Crippen LogP contribution in [0.5, 0.6) is 5.75 Å². The van der Waals surface area contributed by atoms with Crippen LogP contribution in [-0.4, -0.2) is 19.3 Å². The van der Waals surface area contributed by atoms with E-state index in [1.165, 1.54) is 0 Å². The molecule has 0 radical (unpaired) electrons. The third-order valence-corrected chi connectivity index (χ3v) is 3.97.